The van der Waals surface area contributed by atoms with Crippen LogP contribution in [-0.2, 0) is 28.6 Å². The molecule has 0 rings (SSSR count). The summed E-state index contributed by atoms with van der Waals surface area (Å²) in [6.07, 6.45) is 34.8. The van der Waals surface area contributed by atoms with E-state index in [0.717, 1.165) is 44.9 Å². The summed E-state index contributed by atoms with van der Waals surface area (Å²) in [5.74, 6) is -1.58. The SMILES string of the molecule is CC/C=C/C/C=C/CCC(=O)OC(COCCC(C(=O)O)[N+](C)(C)C)COC(=O)CCCCCCCCC/C=C/C/C=C/CCCCC. The molecule has 0 aromatic heterocycles. The molecular weight excluding hydrogens is 606 g/mol. The lowest BCUT2D eigenvalue weighted by molar-refractivity contribution is -0.887. The summed E-state index contributed by atoms with van der Waals surface area (Å²) in [5.41, 5.74) is 0. The number of carboxylic acid groups (broad SMARTS) is 1. The number of carbonyl (C=O) groups excluding carboxylic acids is 2. The van der Waals surface area contributed by atoms with Crippen molar-refractivity contribution in [1.82, 2.24) is 0 Å². The summed E-state index contributed by atoms with van der Waals surface area (Å²) in [4.78, 5) is 36.6. The molecule has 0 aliphatic heterocycles. The van der Waals surface area contributed by atoms with Crippen LogP contribution < -0.4 is 0 Å². The second-order valence-electron chi connectivity index (χ2n) is 13.4. The number of aliphatic carboxylic acids is 1. The Balaban J connectivity index is 4.35. The summed E-state index contributed by atoms with van der Waals surface area (Å²) in [5, 5.41) is 9.55. The van der Waals surface area contributed by atoms with Gasteiger partial charge in [-0.3, -0.25) is 9.59 Å². The Hall–Kier alpha value is -2.71. The molecule has 0 aromatic carbocycles. The third-order valence-electron chi connectivity index (χ3n) is 7.98. The highest BCUT2D eigenvalue weighted by Gasteiger charge is 2.31. The van der Waals surface area contributed by atoms with Crippen LogP contribution in [0, 0.1) is 0 Å². The number of quaternary nitrogens is 1. The van der Waals surface area contributed by atoms with Crippen LogP contribution in [0.2, 0.25) is 0 Å². The van der Waals surface area contributed by atoms with Crippen molar-refractivity contribution in [3.63, 3.8) is 0 Å². The van der Waals surface area contributed by atoms with Crippen molar-refractivity contribution in [2.45, 2.75) is 148 Å². The van der Waals surface area contributed by atoms with Gasteiger partial charge >= 0.3 is 17.9 Å². The van der Waals surface area contributed by atoms with E-state index in [1.807, 2.05) is 33.3 Å². The van der Waals surface area contributed by atoms with Crippen molar-refractivity contribution in [3.05, 3.63) is 48.6 Å². The number of unbranched alkanes of at least 4 members (excludes halogenated alkanes) is 10. The monoisotopic (exact) mass is 677 g/mol. The van der Waals surface area contributed by atoms with E-state index in [4.69, 9.17) is 14.2 Å². The van der Waals surface area contributed by atoms with Gasteiger partial charge in [0.1, 0.15) is 6.61 Å². The van der Waals surface area contributed by atoms with E-state index in [1.165, 1.54) is 51.4 Å². The van der Waals surface area contributed by atoms with Gasteiger partial charge in [0, 0.05) is 19.3 Å². The standard InChI is InChI=1S/C40H69NO7/c1-6-8-10-12-14-15-16-17-18-19-20-21-22-23-25-26-28-30-38(42)47-35-36(34-46-33-32-37(40(44)45)41(3,4)5)48-39(43)31-29-27-24-13-11-9-7-2/h9,11,14-15,17-18,24,27,36-37H,6-8,10,12-13,16,19-23,25-26,28-35H2,1-5H3/p+1/b11-9+,15-14+,18-17+,27-24+. The van der Waals surface area contributed by atoms with E-state index in [-0.39, 0.29) is 42.7 Å². The first-order valence-corrected chi connectivity index (χ1v) is 18.7. The fourth-order valence-corrected chi connectivity index (χ4v) is 5.06. The molecular formula is C40H70NO7+. The number of carboxylic acids is 1. The summed E-state index contributed by atoms with van der Waals surface area (Å²) in [6.45, 7) is 4.46. The molecule has 0 amide bonds. The van der Waals surface area contributed by atoms with Crippen molar-refractivity contribution >= 4 is 17.9 Å². The normalized spacial score (nSPS) is 13.6. The molecule has 8 heteroatoms. The molecule has 48 heavy (non-hydrogen) atoms. The number of esters is 2. The van der Waals surface area contributed by atoms with Crippen LogP contribution in [0.25, 0.3) is 0 Å². The Labute approximate surface area is 293 Å². The van der Waals surface area contributed by atoms with Gasteiger partial charge in [-0.15, -0.1) is 0 Å². The maximum atomic E-state index is 12.5. The van der Waals surface area contributed by atoms with E-state index in [0.29, 0.717) is 19.3 Å². The number of hydrogen-bond acceptors (Lipinski definition) is 6. The molecule has 0 saturated carbocycles. The Kier molecular flexibility index (Phi) is 29.8. The first kappa shape index (κ1) is 45.3. The minimum atomic E-state index is -0.888. The van der Waals surface area contributed by atoms with Crippen molar-refractivity contribution in [2.24, 2.45) is 0 Å². The first-order valence-electron chi connectivity index (χ1n) is 18.7. The average Bonchev–Trinajstić information content (AvgIpc) is 3.03. The highest BCUT2D eigenvalue weighted by Crippen LogP contribution is 2.12. The van der Waals surface area contributed by atoms with Crippen molar-refractivity contribution in [3.8, 4) is 0 Å². The zero-order valence-corrected chi connectivity index (χ0v) is 31.2. The molecule has 8 nitrogen and oxygen atoms in total. The van der Waals surface area contributed by atoms with Crippen LogP contribution in [0.5, 0.6) is 0 Å². The number of carbonyl (C=O) groups is 3. The van der Waals surface area contributed by atoms with Crippen LogP contribution in [0.3, 0.4) is 0 Å². The molecule has 1 N–H and O–H groups in total. The van der Waals surface area contributed by atoms with Gasteiger partial charge < -0.3 is 23.8 Å². The second kappa shape index (κ2) is 31.6. The summed E-state index contributed by atoms with van der Waals surface area (Å²) in [7, 11) is 5.48. The van der Waals surface area contributed by atoms with Gasteiger partial charge in [-0.2, -0.15) is 0 Å². The molecule has 0 saturated heterocycles. The number of likely N-dealkylation sites (N-methyl/N-ethyl adjacent to an activating group) is 1. The molecule has 0 aliphatic carbocycles. The minimum Gasteiger partial charge on any atom is -0.477 e. The molecule has 2 unspecified atom stereocenters. The van der Waals surface area contributed by atoms with Crippen LogP contribution in [0.1, 0.15) is 136 Å². The fraction of sp³-hybridized carbons (Fsp3) is 0.725. The zero-order valence-electron chi connectivity index (χ0n) is 31.2. The number of allylic oxidation sites excluding steroid dienone is 8. The highest BCUT2D eigenvalue weighted by molar-refractivity contribution is 5.72. The maximum Gasteiger partial charge on any atom is 0.362 e. The molecule has 0 aliphatic rings. The zero-order chi connectivity index (χ0) is 35.7. The molecule has 0 fully saturated rings. The lowest BCUT2D eigenvalue weighted by Crippen LogP contribution is -2.50. The van der Waals surface area contributed by atoms with Gasteiger partial charge in [0.25, 0.3) is 0 Å². The smallest absolute Gasteiger partial charge is 0.362 e. The summed E-state index contributed by atoms with van der Waals surface area (Å²) in [6, 6.07) is -0.623. The Morgan fingerprint density at radius 2 is 1.21 bits per heavy atom. The Morgan fingerprint density at radius 3 is 1.79 bits per heavy atom. The summed E-state index contributed by atoms with van der Waals surface area (Å²) < 4.78 is 17.0. The van der Waals surface area contributed by atoms with Gasteiger partial charge in [0.15, 0.2) is 12.1 Å². The number of hydrogen-bond donors (Lipinski definition) is 1. The van der Waals surface area contributed by atoms with E-state index < -0.39 is 18.1 Å². The van der Waals surface area contributed by atoms with Gasteiger partial charge in [0.05, 0.1) is 34.4 Å². The molecule has 0 heterocycles. The third-order valence-corrected chi connectivity index (χ3v) is 7.98. The van der Waals surface area contributed by atoms with Crippen molar-refractivity contribution < 1.29 is 38.2 Å². The average molecular weight is 677 g/mol. The van der Waals surface area contributed by atoms with Gasteiger partial charge in [-0.1, -0.05) is 107 Å². The van der Waals surface area contributed by atoms with Crippen LogP contribution in [-0.4, -0.2) is 80.6 Å². The second-order valence-corrected chi connectivity index (χ2v) is 13.4. The molecule has 0 radical (unpaired) electrons. The lowest BCUT2D eigenvalue weighted by atomic mass is 10.1. The molecule has 2 atom stereocenters. The van der Waals surface area contributed by atoms with Gasteiger partial charge in [-0.25, -0.2) is 4.79 Å². The topological polar surface area (TPSA) is 99.1 Å². The molecule has 0 aromatic rings. The van der Waals surface area contributed by atoms with E-state index in [1.54, 1.807) is 0 Å². The minimum absolute atomic E-state index is 0.0338. The Bertz CT molecular complexity index is 932. The number of ether oxygens (including phenoxy) is 3. The van der Waals surface area contributed by atoms with Crippen molar-refractivity contribution in [1.29, 1.82) is 0 Å². The van der Waals surface area contributed by atoms with E-state index in [9.17, 15) is 19.5 Å². The molecule has 0 bridgehead atoms. The third kappa shape index (κ3) is 29.4. The van der Waals surface area contributed by atoms with E-state index in [2.05, 4.69) is 50.3 Å². The van der Waals surface area contributed by atoms with Crippen molar-refractivity contribution in [2.75, 3.05) is 41.0 Å². The predicted molar refractivity (Wildman–Crippen MR) is 197 cm³/mol. The molecule has 276 valence electrons. The maximum absolute atomic E-state index is 12.5. The van der Waals surface area contributed by atoms with E-state index >= 15 is 0 Å². The quantitative estimate of drug-likeness (QED) is 0.0328. The predicted octanol–water partition coefficient (Wildman–Crippen LogP) is 9.29. The van der Waals surface area contributed by atoms with Crippen LogP contribution in [0.15, 0.2) is 48.6 Å². The van der Waals surface area contributed by atoms with Crippen LogP contribution >= 0.6 is 0 Å². The first-order chi connectivity index (χ1) is 23.1. The number of rotatable bonds is 32. The van der Waals surface area contributed by atoms with Gasteiger partial charge in [-0.05, 0) is 57.8 Å². The Morgan fingerprint density at radius 1 is 0.646 bits per heavy atom. The van der Waals surface area contributed by atoms with Crippen LogP contribution in [0.4, 0.5) is 0 Å². The lowest BCUT2D eigenvalue weighted by Gasteiger charge is -2.31. The number of nitrogens with zero attached hydrogens (tertiary/aromatic N) is 1. The molecule has 0 spiro atoms. The fourth-order valence-electron chi connectivity index (χ4n) is 5.06. The highest BCUT2D eigenvalue weighted by atomic mass is 16.6. The van der Waals surface area contributed by atoms with Gasteiger partial charge in [0.2, 0.25) is 0 Å². The summed E-state index contributed by atoms with van der Waals surface area (Å²) >= 11 is 0. The largest absolute Gasteiger partial charge is 0.477 e.